The molecule has 0 fully saturated rings. The molecule has 2 aromatic rings. The number of rotatable bonds is 7. The number of anilines is 2. The molecule has 0 atom stereocenters. The van der Waals surface area contributed by atoms with Gasteiger partial charge < -0.3 is 10.2 Å². The zero-order valence-electron chi connectivity index (χ0n) is 13.2. The van der Waals surface area contributed by atoms with Crippen LogP contribution in [0.4, 0.5) is 11.4 Å². The maximum absolute atomic E-state index is 12.2. The van der Waals surface area contributed by atoms with Crippen molar-refractivity contribution in [2.75, 3.05) is 23.3 Å². The highest BCUT2D eigenvalue weighted by atomic mass is 16.1. The van der Waals surface area contributed by atoms with E-state index < -0.39 is 0 Å². The number of nitrogens with zero attached hydrogens (tertiary/aromatic N) is 2. The van der Waals surface area contributed by atoms with Gasteiger partial charge in [0.25, 0.3) is 5.91 Å². The van der Waals surface area contributed by atoms with E-state index in [1.807, 2.05) is 36.4 Å². The maximum Gasteiger partial charge on any atom is 0.274 e. The monoisotopic (exact) mass is 297 g/mol. The molecule has 1 aromatic heterocycles. The third kappa shape index (κ3) is 4.32. The molecule has 4 heteroatoms. The largest absolute Gasteiger partial charge is 0.370 e. The maximum atomic E-state index is 12.2. The Hall–Kier alpha value is -2.36. The molecule has 0 saturated heterocycles. The standard InChI is InChI=1S/C18H23N3O/c1-3-12-21(13-4-2)16-10-11-17(19-14-16)18(22)20-15-8-6-5-7-9-15/h5-11,14H,3-4,12-13H2,1-2H3,(H,20,22). The quantitative estimate of drug-likeness (QED) is 0.841. The molecule has 1 amide bonds. The van der Waals surface area contributed by atoms with Gasteiger partial charge in [-0.3, -0.25) is 4.79 Å². The molecule has 0 aliphatic heterocycles. The SMILES string of the molecule is CCCN(CCC)c1ccc(C(=O)Nc2ccccc2)nc1. The summed E-state index contributed by atoms with van der Waals surface area (Å²) in [6.45, 7) is 6.34. The van der Waals surface area contributed by atoms with Crippen molar-refractivity contribution in [3.63, 3.8) is 0 Å². The summed E-state index contributed by atoms with van der Waals surface area (Å²) in [6, 6.07) is 13.2. The Morgan fingerprint density at radius 3 is 2.27 bits per heavy atom. The van der Waals surface area contributed by atoms with E-state index in [1.54, 1.807) is 12.3 Å². The lowest BCUT2D eigenvalue weighted by Gasteiger charge is -2.23. The minimum Gasteiger partial charge on any atom is -0.370 e. The Morgan fingerprint density at radius 1 is 1.05 bits per heavy atom. The predicted octanol–water partition coefficient (Wildman–Crippen LogP) is 3.96. The number of hydrogen-bond donors (Lipinski definition) is 1. The van der Waals surface area contributed by atoms with E-state index >= 15 is 0 Å². The molecule has 116 valence electrons. The van der Waals surface area contributed by atoms with Crippen LogP contribution >= 0.6 is 0 Å². The van der Waals surface area contributed by atoms with Gasteiger partial charge in [-0.05, 0) is 37.1 Å². The number of aromatic nitrogens is 1. The normalized spacial score (nSPS) is 10.3. The highest BCUT2D eigenvalue weighted by molar-refractivity contribution is 6.02. The van der Waals surface area contributed by atoms with E-state index in [4.69, 9.17) is 0 Å². The fourth-order valence-electron chi connectivity index (χ4n) is 2.33. The molecule has 4 nitrogen and oxygen atoms in total. The molecule has 0 spiro atoms. The summed E-state index contributed by atoms with van der Waals surface area (Å²) in [6.07, 6.45) is 3.97. The van der Waals surface area contributed by atoms with Gasteiger partial charge in [0.2, 0.25) is 0 Å². The average Bonchev–Trinajstić information content (AvgIpc) is 2.56. The Kier molecular flexibility index (Phi) is 5.95. The van der Waals surface area contributed by atoms with Crippen LogP contribution in [0.5, 0.6) is 0 Å². The number of nitrogens with one attached hydrogen (secondary N) is 1. The van der Waals surface area contributed by atoms with Crippen LogP contribution in [-0.4, -0.2) is 24.0 Å². The zero-order chi connectivity index (χ0) is 15.8. The van der Waals surface area contributed by atoms with Crippen LogP contribution in [-0.2, 0) is 0 Å². The second kappa shape index (κ2) is 8.17. The summed E-state index contributed by atoms with van der Waals surface area (Å²) < 4.78 is 0. The van der Waals surface area contributed by atoms with Crippen molar-refractivity contribution < 1.29 is 4.79 Å². The van der Waals surface area contributed by atoms with Crippen molar-refractivity contribution in [1.82, 2.24) is 4.98 Å². The lowest BCUT2D eigenvalue weighted by atomic mass is 10.2. The minimum atomic E-state index is -0.185. The summed E-state index contributed by atoms with van der Waals surface area (Å²) >= 11 is 0. The number of hydrogen-bond acceptors (Lipinski definition) is 3. The van der Waals surface area contributed by atoms with Gasteiger partial charge in [-0.25, -0.2) is 4.98 Å². The lowest BCUT2D eigenvalue weighted by Crippen LogP contribution is -2.25. The molecule has 0 aliphatic rings. The van der Waals surface area contributed by atoms with Crippen molar-refractivity contribution in [1.29, 1.82) is 0 Å². The number of carbonyl (C=O) groups is 1. The van der Waals surface area contributed by atoms with Crippen LogP contribution < -0.4 is 10.2 Å². The number of carbonyl (C=O) groups excluding carboxylic acids is 1. The van der Waals surface area contributed by atoms with Gasteiger partial charge in [0.1, 0.15) is 5.69 Å². The van der Waals surface area contributed by atoms with E-state index in [-0.39, 0.29) is 5.91 Å². The van der Waals surface area contributed by atoms with Gasteiger partial charge >= 0.3 is 0 Å². The molecule has 2 rings (SSSR count). The fraction of sp³-hybridized carbons (Fsp3) is 0.333. The molecular formula is C18H23N3O. The van der Waals surface area contributed by atoms with Crippen molar-refractivity contribution in [3.8, 4) is 0 Å². The highest BCUT2D eigenvalue weighted by Crippen LogP contribution is 2.15. The van der Waals surface area contributed by atoms with Gasteiger partial charge in [0.05, 0.1) is 11.9 Å². The Bertz CT molecular complexity index is 575. The molecule has 1 aromatic carbocycles. The van der Waals surface area contributed by atoms with Crippen molar-refractivity contribution in [3.05, 3.63) is 54.4 Å². The third-order valence-electron chi connectivity index (χ3n) is 3.36. The van der Waals surface area contributed by atoms with E-state index in [0.717, 1.165) is 37.3 Å². The summed E-state index contributed by atoms with van der Waals surface area (Å²) in [5, 5.41) is 2.84. The van der Waals surface area contributed by atoms with Crippen LogP contribution in [0, 0.1) is 0 Å². The lowest BCUT2D eigenvalue weighted by molar-refractivity contribution is 0.102. The number of benzene rings is 1. The number of amides is 1. The average molecular weight is 297 g/mol. The van der Waals surface area contributed by atoms with Crippen molar-refractivity contribution in [2.45, 2.75) is 26.7 Å². The predicted molar refractivity (Wildman–Crippen MR) is 91.4 cm³/mol. The van der Waals surface area contributed by atoms with Crippen molar-refractivity contribution in [2.24, 2.45) is 0 Å². The molecule has 0 unspecified atom stereocenters. The van der Waals surface area contributed by atoms with Gasteiger partial charge in [0.15, 0.2) is 0 Å². The molecule has 0 radical (unpaired) electrons. The van der Waals surface area contributed by atoms with Crippen LogP contribution in [0.25, 0.3) is 0 Å². The summed E-state index contributed by atoms with van der Waals surface area (Å²) in [5.41, 5.74) is 2.28. The molecule has 1 N–H and O–H groups in total. The van der Waals surface area contributed by atoms with Crippen LogP contribution in [0.1, 0.15) is 37.2 Å². The molecule has 0 bridgehead atoms. The number of pyridine rings is 1. The first-order valence-electron chi connectivity index (χ1n) is 7.82. The van der Waals surface area contributed by atoms with Gasteiger partial charge in [0, 0.05) is 18.8 Å². The Balaban J connectivity index is 2.05. The molecule has 1 heterocycles. The van der Waals surface area contributed by atoms with E-state index in [2.05, 4.69) is 29.0 Å². The highest BCUT2D eigenvalue weighted by Gasteiger charge is 2.10. The molecule has 22 heavy (non-hydrogen) atoms. The van der Waals surface area contributed by atoms with E-state index in [9.17, 15) is 4.79 Å². The van der Waals surface area contributed by atoms with E-state index in [0.29, 0.717) is 5.69 Å². The first kappa shape index (κ1) is 16.0. The van der Waals surface area contributed by atoms with Crippen LogP contribution in [0.2, 0.25) is 0 Å². The van der Waals surface area contributed by atoms with E-state index in [1.165, 1.54) is 0 Å². The first-order chi connectivity index (χ1) is 10.7. The van der Waals surface area contributed by atoms with Crippen LogP contribution in [0.15, 0.2) is 48.7 Å². The van der Waals surface area contributed by atoms with Crippen molar-refractivity contribution >= 4 is 17.3 Å². The fourth-order valence-corrected chi connectivity index (χ4v) is 2.33. The Morgan fingerprint density at radius 2 is 1.73 bits per heavy atom. The third-order valence-corrected chi connectivity index (χ3v) is 3.36. The van der Waals surface area contributed by atoms with Crippen LogP contribution in [0.3, 0.4) is 0 Å². The molecular weight excluding hydrogens is 274 g/mol. The summed E-state index contributed by atoms with van der Waals surface area (Å²) in [4.78, 5) is 18.8. The minimum absolute atomic E-state index is 0.185. The van der Waals surface area contributed by atoms with Gasteiger partial charge in [-0.1, -0.05) is 32.0 Å². The number of para-hydroxylation sites is 1. The summed E-state index contributed by atoms with van der Waals surface area (Å²) in [5.74, 6) is -0.185. The second-order valence-corrected chi connectivity index (χ2v) is 5.21. The molecule has 0 saturated carbocycles. The second-order valence-electron chi connectivity index (χ2n) is 5.21. The van der Waals surface area contributed by atoms with Gasteiger partial charge in [-0.15, -0.1) is 0 Å². The Labute approximate surface area is 132 Å². The van der Waals surface area contributed by atoms with Gasteiger partial charge in [-0.2, -0.15) is 0 Å². The first-order valence-corrected chi connectivity index (χ1v) is 7.82. The summed E-state index contributed by atoms with van der Waals surface area (Å²) in [7, 11) is 0. The smallest absolute Gasteiger partial charge is 0.274 e. The zero-order valence-corrected chi connectivity index (χ0v) is 13.2. The molecule has 0 aliphatic carbocycles. The topological polar surface area (TPSA) is 45.2 Å².